The Morgan fingerprint density at radius 3 is 1.37 bits per heavy atom. The first-order valence-electron chi connectivity index (χ1n) is 9.88. The van der Waals surface area contributed by atoms with Gasteiger partial charge < -0.3 is 0 Å². The first-order valence-corrected chi connectivity index (χ1v) is 14.4. The molecular formula is C24H27P3. The van der Waals surface area contributed by atoms with Crippen LogP contribution in [0.1, 0.15) is 12.8 Å². The van der Waals surface area contributed by atoms with E-state index in [2.05, 4.69) is 84.9 Å². The molecule has 0 spiro atoms. The fourth-order valence-corrected chi connectivity index (χ4v) is 11.0. The molecule has 1 aliphatic rings. The van der Waals surface area contributed by atoms with Crippen molar-refractivity contribution < 1.29 is 0 Å². The fourth-order valence-electron chi connectivity index (χ4n) is 3.76. The van der Waals surface area contributed by atoms with E-state index in [4.69, 9.17) is 0 Å². The Kier molecular flexibility index (Phi) is 7.09. The van der Waals surface area contributed by atoms with Crippen LogP contribution in [0.4, 0.5) is 0 Å². The molecule has 0 nitrogen and oxygen atoms in total. The number of hydrogen-bond acceptors (Lipinski definition) is 0. The summed E-state index contributed by atoms with van der Waals surface area (Å²) in [6.45, 7) is 0. The average Bonchev–Trinajstić information content (AvgIpc) is 2.78. The molecule has 2 unspecified atom stereocenters. The number of rotatable bonds is 2. The smallest absolute Gasteiger partial charge is 0.0115 e. The molecule has 0 saturated carbocycles. The minimum absolute atomic E-state index is 0.263. The van der Waals surface area contributed by atoms with E-state index in [-0.39, 0.29) is 15.8 Å². The Morgan fingerprint density at radius 1 is 0.519 bits per heavy atom. The van der Waals surface area contributed by atoms with Gasteiger partial charge in [0.05, 0.1) is 0 Å². The fraction of sp³-hybridized carbons (Fsp3) is 0.250. The monoisotopic (exact) mass is 408 g/mol. The van der Waals surface area contributed by atoms with Gasteiger partial charge in [0.25, 0.3) is 0 Å². The second kappa shape index (κ2) is 9.94. The topological polar surface area (TPSA) is 0 Å². The molecule has 3 heteroatoms. The van der Waals surface area contributed by atoms with Crippen LogP contribution in [-0.4, -0.2) is 24.6 Å². The van der Waals surface area contributed by atoms with E-state index < -0.39 is 0 Å². The van der Waals surface area contributed by atoms with Crippen molar-refractivity contribution in [3.05, 3.63) is 84.9 Å². The Morgan fingerprint density at radius 2 is 0.926 bits per heavy atom. The van der Waals surface area contributed by atoms with Gasteiger partial charge in [0.2, 0.25) is 0 Å². The van der Waals surface area contributed by atoms with E-state index in [1.807, 2.05) is 0 Å². The van der Waals surface area contributed by atoms with Gasteiger partial charge in [-0.1, -0.05) is 84.9 Å². The van der Waals surface area contributed by atoms with Crippen molar-refractivity contribution in [2.45, 2.75) is 12.8 Å². The summed E-state index contributed by atoms with van der Waals surface area (Å²) < 4.78 is 0. The van der Waals surface area contributed by atoms with Gasteiger partial charge in [0, 0.05) is 0 Å². The zero-order valence-electron chi connectivity index (χ0n) is 15.7. The van der Waals surface area contributed by atoms with Crippen molar-refractivity contribution >= 4 is 45.6 Å². The third-order valence-electron chi connectivity index (χ3n) is 5.07. The van der Waals surface area contributed by atoms with Gasteiger partial charge in [-0.2, -0.15) is 0 Å². The van der Waals surface area contributed by atoms with Gasteiger partial charge in [-0.05, 0) is 74.6 Å². The first-order chi connectivity index (χ1) is 13.4. The number of hydrogen-bond donors (Lipinski definition) is 0. The number of benzene rings is 3. The molecule has 0 saturated heterocycles. The molecule has 3 aromatic carbocycles. The van der Waals surface area contributed by atoms with Gasteiger partial charge in [0.1, 0.15) is 0 Å². The molecule has 0 aliphatic carbocycles. The maximum absolute atomic E-state index is 2.44. The van der Waals surface area contributed by atoms with Crippen molar-refractivity contribution in [2.24, 2.45) is 0 Å². The lowest BCUT2D eigenvalue weighted by atomic mass is 10.4. The summed E-state index contributed by atoms with van der Waals surface area (Å²) >= 11 is 0. The van der Waals surface area contributed by atoms with Crippen LogP contribution in [0.25, 0.3) is 0 Å². The van der Waals surface area contributed by atoms with E-state index in [1.54, 1.807) is 21.2 Å². The normalized spacial score (nSPS) is 21.9. The Labute approximate surface area is 168 Å². The highest BCUT2D eigenvalue weighted by Gasteiger charge is 2.23. The molecule has 0 amide bonds. The molecular weight excluding hydrogens is 381 g/mol. The second-order valence-electron chi connectivity index (χ2n) is 6.92. The third-order valence-corrected chi connectivity index (χ3v) is 12.0. The SMILES string of the molecule is c1ccc(P2CCCPCCCP(c3ccccc3)c3ccccc32)cc1. The highest BCUT2D eigenvalue weighted by Crippen LogP contribution is 2.41. The predicted octanol–water partition coefficient (Wildman–Crippen LogP) is 5.02. The van der Waals surface area contributed by atoms with Crippen LogP contribution < -0.4 is 21.2 Å². The van der Waals surface area contributed by atoms with Gasteiger partial charge in [0.15, 0.2) is 0 Å². The van der Waals surface area contributed by atoms with Crippen LogP contribution in [0.15, 0.2) is 84.9 Å². The zero-order chi connectivity index (χ0) is 18.3. The summed E-state index contributed by atoms with van der Waals surface area (Å²) in [5.41, 5.74) is 0. The minimum Gasteiger partial charge on any atom is -0.122 e. The van der Waals surface area contributed by atoms with Crippen molar-refractivity contribution in [1.82, 2.24) is 0 Å². The number of fused-ring (bicyclic) bond motifs is 1. The summed E-state index contributed by atoms with van der Waals surface area (Å²) in [6.07, 6.45) is 8.24. The summed E-state index contributed by atoms with van der Waals surface area (Å²) in [5, 5.41) is 6.37. The van der Waals surface area contributed by atoms with Crippen molar-refractivity contribution in [2.75, 3.05) is 24.6 Å². The lowest BCUT2D eigenvalue weighted by molar-refractivity contribution is 1.08. The standard InChI is InChI=1S/C24H27P3/c1-3-11-21(12-4-1)26-19-9-17-25-18-10-20-27(22-13-5-2-6-14-22)24-16-8-7-15-23(24)26/h1-8,11-16,25H,9-10,17-20H2. The Hall–Kier alpha value is -1.05. The molecule has 0 fully saturated rings. The molecule has 0 bridgehead atoms. The lowest BCUT2D eigenvalue weighted by Gasteiger charge is -2.26. The van der Waals surface area contributed by atoms with E-state index >= 15 is 0 Å². The zero-order valence-corrected chi connectivity index (χ0v) is 18.5. The predicted molar refractivity (Wildman–Crippen MR) is 129 cm³/mol. The Bertz CT molecular complexity index is 762. The maximum Gasteiger partial charge on any atom is -0.0115 e. The van der Waals surface area contributed by atoms with Crippen LogP contribution in [0.3, 0.4) is 0 Å². The van der Waals surface area contributed by atoms with E-state index in [1.165, 1.54) is 37.5 Å². The third kappa shape index (κ3) is 4.87. The van der Waals surface area contributed by atoms with Crippen LogP contribution in [0, 0.1) is 0 Å². The molecule has 138 valence electrons. The second-order valence-corrected chi connectivity index (χ2v) is 13.0. The van der Waals surface area contributed by atoms with E-state index in [0.29, 0.717) is 0 Å². The quantitative estimate of drug-likeness (QED) is 0.522. The molecule has 2 atom stereocenters. The summed E-state index contributed by atoms with van der Waals surface area (Å²) in [7, 11) is 0.615. The van der Waals surface area contributed by atoms with Crippen molar-refractivity contribution in [1.29, 1.82) is 0 Å². The molecule has 0 aromatic heterocycles. The van der Waals surface area contributed by atoms with Gasteiger partial charge >= 0.3 is 0 Å². The largest absolute Gasteiger partial charge is 0.122 e. The van der Waals surface area contributed by atoms with Crippen LogP contribution in [0.2, 0.25) is 0 Å². The van der Waals surface area contributed by atoms with Crippen molar-refractivity contribution in [3.63, 3.8) is 0 Å². The van der Waals surface area contributed by atoms with Gasteiger partial charge in [-0.3, -0.25) is 0 Å². The van der Waals surface area contributed by atoms with Crippen molar-refractivity contribution in [3.8, 4) is 0 Å². The van der Waals surface area contributed by atoms with Gasteiger partial charge in [-0.25, -0.2) is 0 Å². The highest BCUT2D eigenvalue weighted by molar-refractivity contribution is 7.79. The van der Waals surface area contributed by atoms with Crippen LogP contribution >= 0.6 is 24.4 Å². The van der Waals surface area contributed by atoms with Crippen LogP contribution in [0.5, 0.6) is 0 Å². The average molecular weight is 408 g/mol. The molecule has 1 heterocycles. The Balaban J connectivity index is 1.81. The molecule has 27 heavy (non-hydrogen) atoms. The summed E-state index contributed by atoms with van der Waals surface area (Å²) in [6, 6.07) is 32.0. The van der Waals surface area contributed by atoms with Crippen LogP contribution in [-0.2, 0) is 0 Å². The molecule has 1 aliphatic heterocycles. The first kappa shape index (κ1) is 19.3. The minimum atomic E-state index is -0.263. The van der Waals surface area contributed by atoms with E-state index in [9.17, 15) is 0 Å². The summed E-state index contributed by atoms with van der Waals surface area (Å²) in [5.74, 6) is 0. The van der Waals surface area contributed by atoms with E-state index in [0.717, 1.165) is 8.58 Å². The molecule has 3 aromatic rings. The highest BCUT2D eigenvalue weighted by atomic mass is 31.1. The van der Waals surface area contributed by atoms with Gasteiger partial charge in [-0.15, -0.1) is 8.58 Å². The molecule has 0 radical (unpaired) electrons. The molecule has 4 rings (SSSR count). The molecule has 0 N–H and O–H groups in total. The lowest BCUT2D eigenvalue weighted by Crippen LogP contribution is -2.30. The summed E-state index contributed by atoms with van der Waals surface area (Å²) in [4.78, 5) is 0. The maximum atomic E-state index is 2.44.